The molecule has 1 atom stereocenters. The molecule has 1 saturated heterocycles. The van der Waals surface area contributed by atoms with Crippen molar-refractivity contribution < 1.29 is 13.9 Å². The van der Waals surface area contributed by atoms with Crippen LogP contribution >= 0.6 is 0 Å². The van der Waals surface area contributed by atoms with Crippen molar-refractivity contribution in [2.75, 3.05) is 19.8 Å². The average Bonchev–Trinajstić information content (AvgIpc) is 2.86. The zero-order valence-corrected chi connectivity index (χ0v) is 12.6. The van der Waals surface area contributed by atoms with Crippen LogP contribution in [0.3, 0.4) is 0 Å². The van der Waals surface area contributed by atoms with Gasteiger partial charge in [-0.2, -0.15) is 5.10 Å². The number of benzene rings is 1. The summed E-state index contributed by atoms with van der Waals surface area (Å²) in [6.45, 7) is 5.29. The smallest absolute Gasteiger partial charge is 0.254 e. The largest absolute Gasteiger partial charge is 0.377 e. The van der Waals surface area contributed by atoms with Crippen LogP contribution in [0.1, 0.15) is 33.4 Å². The van der Waals surface area contributed by atoms with E-state index in [1.807, 2.05) is 13.8 Å². The van der Waals surface area contributed by atoms with Gasteiger partial charge in [0.05, 0.1) is 24.9 Å². The molecule has 5 nitrogen and oxygen atoms in total. The van der Waals surface area contributed by atoms with E-state index in [1.54, 1.807) is 4.90 Å². The number of halogens is 1. The average molecular weight is 303 g/mol. The number of aromatic amines is 1. The van der Waals surface area contributed by atoms with Gasteiger partial charge in [0, 0.05) is 23.4 Å². The summed E-state index contributed by atoms with van der Waals surface area (Å²) in [5, 5.41) is 7.15. The second-order valence-corrected chi connectivity index (χ2v) is 5.44. The number of H-pyrrole nitrogens is 1. The maximum Gasteiger partial charge on any atom is 0.254 e. The van der Waals surface area contributed by atoms with Crippen LogP contribution in [0.4, 0.5) is 4.39 Å². The fraction of sp³-hybridized carbons (Fsp3) is 0.375. The lowest BCUT2D eigenvalue weighted by molar-refractivity contribution is -0.00301. The van der Waals surface area contributed by atoms with Gasteiger partial charge in [0.15, 0.2) is 0 Å². The molecular formula is C16H18FN3O2. The number of aromatic nitrogens is 2. The van der Waals surface area contributed by atoms with Crippen molar-refractivity contribution in [3.63, 3.8) is 0 Å². The van der Waals surface area contributed by atoms with E-state index in [0.717, 1.165) is 17.0 Å². The molecule has 1 aliphatic rings. The molecule has 0 spiro atoms. The quantitative estimate of drug-likeness (QED) is 0.926. The number of carbonyl (C=O) groups is 1. The standard InChI is InChI=1S/C16H18FN3O2/c1-10-15(11(2)19-18-10)14-9-22-8-7-20(14)16(21)12-3-5-13(17)6-4-12/h3-6,14H,7-9H2,1-2H3,(H,18,19)/t14-/m0/s1. The zero-order chi connectivity index (χ0) is 15.7. The Labute approximate surface area is 128 Å². The predicted molar refractivity (Wildman–Crippen MR) is 79.1 cm³/mol. The first-order chi connectivity index (χ1) is 10.6. The van der Waals surface area contributed by atoms with Gasteiger partial charge in [-0.05, 0) is 38.1 Å². The number of nitrogens with one attached hydrogen (secondary N) is 1. The summed E-state index contributed by atoms with van der Waals surface area (Å²) in [5.41, 5.74) is 3.28. The molecule has 2 heterocycles. The Morgan fingerprint density at radius 1 is 1.36 bits per heavy atom. The topological polar surface area (TPSA) is 58.2 Å². The molecule has 1 N–H and O–H groups in total. The van der Waals surface area contributed by atoms with Crippen molar-refractivity contribution in [3.05, 3.63) is 52.6 Å². The molecule has 22 heavy (non-hydrogen) atoms. The van der Waals surface area contributed by atoms with Crippen LogP contribution in [-0.4, -0.2) is 40.8 Å². The van der Waals surface area contributed by atoms with Gasteiger partial charge >= 0.3 is 0 Å². The van der Waals surface area contributed by atoms with Gasteiger partial charge in [-0.15, -0.1) is 0 Å². The zero-order valence-electron chi connectivity index (χ0n) is 12.6. The predicted octanol–water partition coefficient (Wildman–Crippen LogP) is 2.38. The Balaban J connectivity index is 1.93. The summed E-state index contributed by atoms with van der Waals surface area (Å²) in [7, 11) is 0. The van der Waals surface area contributed by atoms with Crippen molar-refractivity contribution in [1.29, 1.82) is 0 Å². The number of carbonyl (C=O) groups excluding carboxylic acids is 1. The highest BCUT2D eigenvalue weighted by atomic mass is 19.1. The summed E-state index contributed by atoms with van der Waals surface area (Å²) in [5.74, 6) is -0.468. The lowest BCUT2D eigenvalue weighted by Crippen LogP contribution is -2.43. The van der Waals surface area contributed by atoms with E-state index in [4.69, 9.17) is 4.74 Å². The molecule has 0 bridgehead atoms. The number of ether oxygens (including phenoxy) is 1. The van der Waals surface area contributed by atoms with Crippen LogP contribution in [0.5, 0.6) is 0 Å². The third-order valence-electron chi connectivity index (χ3n) is 4.00. The number of hydrogen-bond acceptors (Lipinski definition) is 3. The number of amides is 1. The molecule has 1 aliphatic heterocycles. The molecule has 6 heteroatoms. The third-order valence-corrected chi connectivity index (χ3v) is 4.00. The molecule has 2 aromatic rings. The molecule has 116 valence electrons. The number of nitrogens with zero attached hydrogens (tertiary/aromatic N) is 2. The highest BCUT2D eigenvalue weighted by Crippen LogP contribution is 2.29. The van der Waals surface area contributed by atoms with Gasteiger partial charge in [-0.1, -0.05) is 0 Å². The molecule has 1 aromatic heterocycles. The van der Waals surface area contributed by atoms with Gasteiger partial charge in [-0.25, -0.2) is 4.39 Å². The van der Waals surface area contributed by atoms with E-state index in [0.29, 0.717) is 25.3 Å². The Bertz CT molecular complexity index is 662. The number of hydrogen-bond donors (Lipinski definition) is 1. The second-order valence-electron chi connectivity index (χ2n) is 5.44. The summed E-state index contributed by atoms with van der Waals surface area (Å²) < 4.78 is 18.6. The highest BCUT2D eigenvalue weighted by molar-refractivity contribution is 5.94. The second kappa shape index (κ2) is 5.88. The van der Waals surface area contributed by atoms with Gasteiger partial charge in [-0.3, -0.25) is 9.89 Å². The summed E-state index contributed by atoms with van der Waals surface area (Å²) in [6.07, 6.45) is 0. The van der Waals surface area contributed by atoms with Crippen LogP contribution in [0.2, 0.25) is 0 Å². The van der Waals surface area contributed by atoms with Crippen molar-refractivity contribution in [2.45, 2.75) is 19.9 Å². The minimum Gasteiger partial charge on any atom is -0.377 e. The van der Waals surface area contributed by atoms with E-state index in [-0.39, 0.29) is 17.8 Å². The molecular weight excluding hydrogens is 285 g/mol. The van der Waals surface area contributed by atoms with Crippen LogP contribution in [0.25, 0.3) is 0 Å². The SMILES string of the molecule is Cc1n[nH]c(C)c1[C@@H]1COCCN1C(=O)c1ccc(F)cc1. The summed E-state index contributed by atoms with van der Waals surface area (Å²) in [6, 6.07) is 5.46. The van der Waals surface area contributed by atoms with Crippen LogP contribution < -0.4 is 0 Å². The maximum atomic E-state index is 13.0. The molecule has 0 radical (unpaired) electrons. The normalized spacial score (nSPS) is 18.5. The first kappa shape index (κ1) is 14.7. The Morgan fingerprint density at radius 2 is 2.09 bits per heavy atom. The number of morpholine rings is 1. The molecule has 0 saturated carbocycles. The number of aryl methyl sites for hydroxylation is 2. The van der Waals surface area contributed by atoms with E-state index in [1.165, 1.54) is 24.3 Å². The van der Waals surface area contributed by atoms with Crippen molar-refractivity contribution in [3.8, 4) is 0 Å². The minimum absolute atomic E-state index is 0.117. The Morgan fingerprint density at radius 3 is 2.73 bits per heavy atom. The van der Waals surface area contributed by atoms with Crippen molar-refractivity contribution >= 4 is 5.91 Å². The lowest BCUT2D eigenvalue weighted by atomic mass is 10.0. The van der Waals surface area contributed by atoms with Gasteiger partial charge in [0.25, 0.3) is 5.91 Å². The van der Waals surface area contributed by atoms with E-state index in [9.17, 15) is 9.18 Å². The molecule has 0 aliphatic carbocycles. The van der Waals surface area contributed by atoms with Gasteiger partial charge in [0.1, 0.15) is 5.82 Å². The Hall–Kier alpha value is -2.21. The fourth-order valence-electron chi connectivity index (χ4n) is 2.89. The van der Waals surface area contributed by atoms with Crippen LogP contribution in [0, 0.1) is 19.7 Å². The molecule has 1 amide bonds. The molecule has 1 aromatic carbocycles. The summed E-state index contributed by atoms with van der Waals surface area (Å²) >= 11 is 0. The van der Waals surface area contributed by atoms with Crippen molar-refractivity contribution in [1.82, 2.24) is 15.1 Å². The molecule has 1 fully saturated rings. The van der Waals surface area contributed by atoms with E-state index < -0.39 is 0 Å². The first-order valence-electron chi connectivity index (χ1n) is 7.23. The van der Waals surface area contributed by atoms with E-state index >= 15 is 0 Å². The van der Waals surface area contributed by atoms with Crippen molar-refractivity contribution in [2.24, 2.45) is 0 Å². The maximum absolute atomic E-state index is 13.0. The third kappa shape index (κ3) is 2.62. The monoisotopic (exact) mass is 303 g/mol. The molecule has 3 rings (SSSR count). The van der Waals surface area contributed by atoms with Gasteiger partial charge < -0.3 is 9.64 Å². The lowest BCUT2D eigenvalue weighted by Gasteiger charge is -2.36. The molecule has 0 unspecified atom stereocenters. The number of rotatable bonds is 2. The van der Waals surface area contributed by atoms with Gasteiger partial charge in [0.2, 0.25) is 0 Å². The van der Waals surface area contributed by atoms with Crippen LogP contribution in [0.15, 0.2) is 24.3 Å². The minimum atomic E-state index is -0.350. The summed E-state index contributed by atoms with van der Waals surface area (Å²) in [4.78, 5) is 14.5. The highest BCUT2D eigenvalue weighted by Gasteiger charge is 2.32. The first-order valence-corrected chi connectivity index (χ1v) is 7.23. The fourth-order valence-corrected chi connectivity index (χ4v) is 2.89. The van der Waals surface area contributed by atoms with E-state index in [2.05, 4.69) is 10.2 Å². The Kier molecular flexibility index (Phi) is 3.94. The van der Waals surface area contributed by atoms with Crippen LogP contribution in [-0.2, 0) is 4.74 Å².